The van der Waals surface area contributed by atoms with Crippen LogP contribution in [-0.4, -0.2) is 29.0 Å². The van der Waals surface area contributed by atoms with Crippen LogP contribution in [0.2, 0.25) is 0 Å². The lowest BCUT2D eigenvalue weighted by molar-refractivity contribution is -0.134. The summed E-state index contributed by atoms with van der Waals surface area (Å²) in [5.74, 6) is -0.833. The molecule has 1 heterocycles. The van der Waals surface area contributed by atoms with E-state index in [1.807, 2.05) is 0 Å². The molecule has 11 heavy (non-hydrogen) atoms. The zero-order valence-corrected chi connectivity index (χ0v) is 7.67. The lowest BCUT2D eigenvalue weighted by atomic mass is 10.3. The van der Waals surface area contributed by atoms with Crippen molar-refractivity contribution in [3.63, 3.8) is 0 Å². The average Bonchev–Trinajstić information content (AvgIpc) is 2.15. The minimum absolute atomic E-state index is 0.378. The second-order valence-corrected chi connectivity index (χ2v) is 3.11. The fourth-order valence-corrected chi connectivity index (χ4v) is 0.912. The van der Waals surface area contributed by atoms with E-state index in [0.717, 1.165) is 20.0 Å². The van der Waals surface area contributed by atoms with Crippen LogP contribution in [0.5, 0.6) is 0 Å². The zero-order valence-electron chi connectivity index (χ0n) is 6.78. The summed E-state index contributed by atoms with van der Waals surface area (Å²) in [5.41, 5.74) is 0. The molecule has 0 amide bonds. The van der Waals surface area contributed by atoms with Gasteiger partial charge in [0.2, 0.25) is 0 Å². The van der Waals surface area contributed by atoms with E-state index in [0.29, 0.717) is 11.4 Å². The third-order valence-electron chi connectivity index (χ3n) is 1.34. The fraction of sp³-hybridized carbons (Fsp3) is 0.857. The number of carbonyl (C=O) groups is 1. The van der Waals surface area contributed by atoms with E-state index in [1.165, 1.54) is 0 Å². The van der Waals surface area contributed by atoms with Gasteiger partial charge in [0.15, 0.2) is 0 Å². The van der Waals surface area contributed by atoms with Gasteiger partial charge in [0.25, 0.3) is 5.97 Å². The first-order valence-electron chi connectivity index (χ1n) is 3.53. The Morgan fingerprint density at radius 3 is 2.27 bits per heavy atom. The lowest BCUT2D eigenvalue weighted by Gasteiger charge is -2.03. The summed E-state index contributed by atoms with van der Waals surface area (Å²) in [4.78, 5) is 9.00. The van der Waals surface area contributed by atoms with Crippen molar-refractivity contribution >= 4 is 18.6 Å². The molecule has 1 saturated heterocycles. The van der Waals surface area contributed by atoms with Crippen molar-refractivity contribution in [2.24, 2.45) is 0 Å². The molecule has 2 atom stereocenters. The maximum Gasteiger partial charge on any atom is 0.300 e. The number of aliphatic carboxylic acids is 1. The number of hydrogen-bond acceptors (Lipinski definition) is 3. The second-order valence-electron chi connectivity index (χ2n) is 2.45. The predicted molar refractivity (Wildman–Crippen MR) is 46.1 cm³/mol. The van der Waals surface area contributed by atoms with Gasteiger partial charge in [0, 0.05) is 18.8 Å². The van der Waals surface area contributed by atoms with Crippen LogP contribution in [-0.2, 0) is 9.53 Å². The topological polar surface area (TPSA) is 46.5 Å². The van der Waals surface area contributed by atoms with Gasteiger partial charge in [-0.2, -0.15) is 12.6 Å². The molecule has 0 saturated carbocycles. The highest BCUT2D eigenvalue weighted by Crippen LogP contribution is 2.17. The van der Waals surface area contributed by atoms with Crippen molar-refractivity contribution < 1.29 is 14.6 Å². The average molecular weight is 178 g/mol. The summed E-state index contributed by atoms with van der Waals surface area (Å²) in [6, 6.07) is 0. The second kappa shape index (κ2) is 5.43. The molecule has 0 aromatic rings. The van der Waals surface area contributed by atoms with Gasteiger partial charge < -0.3 is 9.84 Å². The summed E-state index contributed by atoms with van der Waals surface area (Å²) in [6.45, 7) is 4.04. The molecule has 0 unspecified atom stereocenters. The van der Waals surface area contributed by atoms with Crippen LogP contribution in [0.3, 0.4) is 0 Å². The van der Waals surface area contributed by atoms with Crippen LogP contribution in [0, 0.1) is 0 Å². The molecule has 1 rings (SSSR count). The summed E-state index contributed by atoms with van der Waals surface area (Å²) < 4.78 is 5.19. The van der Waals surface area contributed by atoms with E-state index in [2.05, 4.69) is 19.6 Å². The van der Waals surface area contributed by atoms with E-state index >= 15 is 0 Å². The summed E-state index contributed by atoms with van der Waals surface area (Å²) >= 11 is 4.26. The Morgan fingerprint density at radius 2 is 2.18 bits per heavy atom. The number of ether oxygens (including phenoxy) is 1. The molecule has 0 aromatic heterocycles. The van der Waals surface area contributed by atoms with Crippen molar-refractivity contribution in [3.05, 3.63) is 0 Å². The Bertz CT molecular complexity index is 115. The van der Waals surface area contributed by atoms with Crippen LogP contribution in [0.1, 0.15) is 20.3 Å². The molecule has 0 spiro atoms. The number of hydrogen-bond donors (Lipinski definition) is 2. The van der Waals surface area contributed by atoms with Gasteiger partial charge in [-0.3, -0.25) is 4.79 Å². The standard InChI is InChI=1S/C5H10OS.C2H4O2/c1-4-5(7)2-3-6-4;1-2(3)4/h4-5,7H,2-3H2,1H3;1H3,(H,3,4)/t4-,5+;/m0./s1. The summed E-state index contributed by atoms with van der Waals surface area (Å²) in [7, 11) is 0. The molecule has 4 heteroatoms. The Hall–Kier alpha value is -0.220. The molecule has 0 aliphatic carbocycles. The van der Waals surface area contributed by atoms with E-state index in [9.17, 15) is 0 Å². The highest BCUT2D eigenvalue weighted by atomic mass is 32.1. The quantitative estimate of drug-likeness (QED) is 0.548. The Balaban J connectivity index is 0.000000218. The number of thiol groups is 1. The monoisotopic (exact) mass is 178 g/mol. The van der Waals surface area contributed by atoms with Gasteiger partial charge in [-0.1, -0.05) is 0 Å². The first-order chi connectivity index (χ1) is 5.04. The van der Waals surface area contributed by atoms with Crippen molar-refractivity contribution in [3.8, 4) is 0 Å². The van der Waals surface area contributed by atoms with Crippen molar-refractivity contribution in [1.82, 2.24) is 0 Å². The molecule has 0 bridgehead atoms. The van der Waals surface area contributed by atoms with Gasteiger partial charge >= 0.3 is 0 Å². The van der Waals surface area contributed by atoms with Crippen molar-refractivity contribution in [2.75, 3.05) is 6.61 Å². The zero-order chi connectivity index (χ0) is 8.85. The van der Waals surface area contributed by atoms with Crippen LogP contribution >= 0.6 is 12.6 Å². The van der Waals surface area contributed by atoms with Gasteiger partial charge in [-0.15, -0.1) is 0 Å². The molecule has 1 fully saturated rings. The third-order valence-corrected chi connectivity index (χ3v) is 2.01. The molecule has 66 valence electrons. The minimum atomic E-state index is -0.833. The summed E-state index contributed by atoms with van der Waals surface area (Å²) in [6.07, 6.45) is 1.49. The molecule has 1 aliphatic heterocycles. The van der Waals surface area contributed by atoms with Crippen LogP contribution in [0.15, 0.2) is 0 Å². The number of carboxylic acids is 1. The van der Waals surface area contributed by atoms with E-state index in [4.69, 9.17) is 14.6 Å². The molecular formula is C7H14O3S. The fourth-order valence-electron chi connectivity index (χ4n) is 0.720. The maximum absolute atomic E-state index is 9.00. The van der Waals surface area contributed by atoms with Gasteiger partial charge in [-0.25, -0.2) is 0 Å². The smallest absolute Gasteiger partial charge is 0.300 e. The normalized spacial score (nSPS) is 29.0. The first-order valence-corrected chi connectivity index (χ1v) is 4.05. The van der Waals surface area contributed by atoms with E-state index < -0.39 is 5.97 Å². The van der Waals surface area contributed by atoms with E-state index in [-0.39, 0.29) is 0 Å². The first kappa shape index (κ1) is 10.8. The van der Waals surface area contributed by atoms with Gasteiger partial charge in [0.1, 0.15) is 0 Å². The van der Waals surface area contributed by atoms with Crippen LogP contribution < -0.4 is 0 Å². The third kappa shape index (κ3) is 6.19. The highest BCUT2D eigenvalue weighted by molar-refractivity contribution is 7.81. The Morgan fingerprint density at radius 1 is 1.73 bits per heavy atom. The van der Waals surface area contributed by atoms with Crippen molar-refractivity contribution in [1.29, 1.82) is 0 Å². The predicted octanol–water partition coefficient (Wildman–Crippen LogP) is 1.18. The van der Waals surface area contributed by atoms with Gasteiger partial charge in [-0.05, 0) is 13.3 Å². The molecule has 0 aromatic carbocycles. The Labute approximate surface area is 72.2 Å². The largest absolute Gasteiger partial charge is 0.481 e. The van der Waals surface area contributed by atoms with E-state index in [1.54, 1.807) is 0 Å². The molecule has 1 N–H and O–H groups in total. The molecule has 3 nitrogen and oxygen atoms in total. The highest BCUT2D eigenvalue weighted by Gasteiger charge is 2.19. The van der Waals surface area contributed by atoms with Crippen LogP contribution in [0.4, 0.5) is 0 Å². The lowest BCUT2D eigenvalue weighted by Crippen LogP contribution is -2.09. The minimum Gasteiger partial charge on any atom is -0.481 e. The molecule has 1 aliphatic rings. The van der Waals surface area contributed by atoms with Gasteiger partial charge in [0.05, 0.1) is 6.10 Å². The maximum atomic E-state index is 9.00. The summed E-state index contributed by atoms with van der Waals surface area (Å²) in [5, 5.41) is 7.90. The molecule has 0 radical (unpaired) electrons. The Kier molecular flexibility index (Phi) is 5.32. The number of carboxylic acid groups (broad SMARTS) is 1. The van der Waals surface area contributed by atoms with Crippen LogP contribution in [0.25, 0.3) is 0 Å². The molecular weight excluding hydrogens is 164 g/mol. The SMILES string of the molecule is CC(=O)O.C[C@@H]1OCC[C@H]1S. The van der Waals surface area contributed by atoms with Crippen molar-refractivity contribution in [2.45, 2.75) is 31.6 Å². The number of rotatable bonds is 0.